The van der Waals surface area contributed by atoms with Gasteiger partial charge in [0.25, 0.3) is 5.13 Å². The minimum atomic E-state index is -4.92. The van der Waals surface area contributed by atoms with Crippen molar-refractivity contribution in [3.8, 4) is 0 Å². The van der Waals surface area contributed by atoms with E-state index in [1.807, 2.05) is 11.6 Å². The zero-order valence-corrected chi connectivity index (χ0v) is 23.8. The molecule has 1 aliphatic rings. The predicted molar refractivity (Wildman–Crippen MR) is 144 cm³/mol. The van der Waals surface area contributed by atoms with Gasteiger partial charge in [-0.25, -0.2) is 13.2 Å². The van der Waals surface area contributed by atoms with Crippen LogP contribution in [0, 0.1) is 0 Å². The first kappa shape index (κ1) is 30.7. The van der Waals surface area contributed by atoms with E-state index < -0.39 is 27.9 Å². The summed E-state index contributed by atoms with van der Waals surface area (Å²) in [5, 5.41) is 15.6. The van der Waals surface area contributed by atoms with Crippen LogP contribution in [0.4, 0.5) is 35.4 Å². The average molecular weight is 591 g/mol. The highest BCUT2D eigenvalue weighted by Crippen LogP contribution is 2.40. The molecule has 39 heavy (non-hydrogen) atoms. The van der Waals surface area contributed by atoms with E-state index in [1.54, 1.807) is 6.07 Å². The number of aromatic nitrogens is 2. The van der Waals surface area contributed by atoms with E-state index in [0.717, 1.165) is 61.2 Å². The molecule has 216 valence electrons. The lowest BCUT2D eigenvalue weighted by atomic mass is 9.95. The van der Waals surface area contributed by atoms with Crippen molar-refractivity contribution >= 4 is 49.5 Å². The standard InChI is InChI=1S/C24H33F3N6O4S2/c1-4-6-8-11-33-16(3)9-10-17-13-18(19(14-20(17)33)32-39(35,36)15-24(25,26)27)28-30-23-31-29-21(38-23)22(34)37-12-7-5-2/h13-14,16,32H,4-12,15H2,1-3H3. The van der Waals surface area contributed by atoms with Gasteiger partial charge in [-0.3, -0.25) is 4.72 Å². The van der Waals surface area contributed by atoms with Gasteiger partial charge in [0.15, 0.2) is 5.75 Å². The zero-order valence-electron chi connectivity index (χ0n) is 22.1. The van der Waals surface area contributed by atoms with E-state index in [4.69, 9.17) is 4.74 Å². The van der Waals surface area contributed by atoms with Gasteiger partial charge in [0, 0.05) is 18.3 Å². The molecule has 0 saturated carbocycles. The molecule has 0 spiro atoms. The predicted octanol–water partition coefficient (Wildman–Crippen LogP) is 6.55. The van der Waals surface area contributed by atoms with Crippen molar-refractivity contribution < 1.29 is 31.1 Å². The van der Waals surface area contributed by atoms with Crippen molar-refractivity contribution in [3.05, 3.63) is 22.7 Å². The van der Waals surface area contributed by atoms with E-state index in [1.165, 1.54) is 6.07 Å². The third kappa shape index (κ3) is 9.12. The minimum Gasteiger partial charge on any atom is -0.460 e. The van der Waals surface area contributed by atoms with Crippen LogP contribution in [0.1, 0.15) is 74.7 Å². The molecule has 0 saturated heterocycles. The first-order valence-corrected chi connectivity index (χ1v) is 15.3. The number of azo groups is 1. The summed E-state index contributed by atoms with van der Waals surface area (Å²) in [5.74, 6) is -2.68. The summed E-state index contributed by atoms with van der Waals surface area (Å²) in [6.45, 7) is 7.10. The Morgan fingerprint density at radius 3 is 2.62 bits per heavy atom. The van der Waals surface area contributed by atoms with Crippen LogP contribution in [0.2, 0.25) is 0 Å². The highest BCUT2D eigenvalue weighted by molar-refractivity contribution is 7.92. The molecule has 1 atom stereocenters. The Morgan fingerprint density at radius 1 is 1.18 bits per heavy atom. The molecule has 1 aromatic heterocycles. The summed E-state index contributed by atoms with van der Waals surface area (Å²) >= 11 is 0.833. The monoisotopic (exact) mass is 590 g/mol. The number of esters is 1. The van der Waals surface area contributed by atoms with Gasteiger partial charge in [-0.15, -0.1) is 20.4 Å². The van der Waals surface area contributed by atoms with Crippen LogP contribution in [-0.4, -0.2) is 55.7 Å². The molecule has 0 amide bonds. The first-order chi connectivity index (χ1) is 18.4. The van der Waals surface area contributed by atoms with Crippen molar-refractivity contribution in [2.45, 2.75) is 77.9 Å². The number of carbonyl (C=O) groups is 1. The lowest BCUT2D eigenvalue weighted by Gasteiger charge is -2.37. The Hall–Kier alpha value is -2.81. The molecule has 10 nitrogen and oxygen atoms in total. The van der Waals surface area contributed by atoms with Crippen molar-refractivity contribution in [2.24, 2.45) is 10.2 Å². The maximum absolute atomic E-state index is 12.9. The van der Waals surface area contributed by atoms with Gasteiger partial charge >= 0.3 is 12.1 Å². The fraction of sp³-hybridized carbons (Fsp3) is 0.625. The van der Waals surface area contributed by atoms with E-state index >= 15 is 0 Å². The first-order valence-electron chi connectivity index (χ1n) is 12.9. The van der Waals surface area contributed by atoms with Crippen LogP contribution >= 0.6 is 11.3 Å². The second kappa shape index (κ2) is 13.5. The smallest absolute Gasteiger partial charge is 0.404 e. The summed E-state index contributed by atoms with van der Waals surface area (Å²) in [4.78, 5) is 14.2. The van der Waals surface area contributed by atoms with Crippen LogP contribution in [0.3, 0.4) is 0 Å². The summed E-state index contributed by atoms with van der Waals surface area (Å²) in [5.41, 5.74) is 1.54. The van der Waals surface area contributed by atoms with Gasteiger partial charge < -0.3 is 9.64 Å². The number of ether oxygens (including phenoxy) is 1. The van der Waals surface area contributed by atoms with Crippen molar-refractivity contribution in [3.63, 3.8) is 0 Å². The van der Waals surface area contributed by atoms with Gasteiger partial charge in [0.1, 0.15) is 5.69 Å². The molecule has 1 N–H and O–H groups in total. The van der Waals surface area contributed by atoms with Crippen LogP contribution < -0.4 is 9.62 Å². The van der Waals surface area contributed by atoms with Gasteiger partial charge in [0.05, 0.1) is 12.3 Å². The van der Waals surface area contributed by atoms with Crippen molar-refractivity contribution in [1.82, 2.24) is 10.2 Å². The van der Waals surface area contributed by atoms with Gasteiger partial charge in [0.2, 0.25) is 15.0 Å². The van der Waals surface area contributed by atoms with Gasteiger partial charge in [-0.1, -0.05) is 44.4 Å². The Kier molecular flexibility index (Phi) is 10.6. The van der Waals surface area contributed by atoms with Crippen LogP contribution in [0.15, 0.2) is 22.4 Å². The van der Waals surface area contributed by atoms with Crippen molar-refractivity contribution in [1.29, 1.82) is 0 Å². The van der Waals surface area contributed by atoms with E-state index in [0.29, 0.717) is 12.8 Å². The minimum absolute atomic E-state index is 0.00840. The number of unbranched alkanes of at least 4 members (excludes halogenated alkanes) is 3. The molecule has 0 aliphatic carbocycles. The van der Waals surface area contributed by atoms with Crippen LogP contribution in [0.5, 0.6) is 0 Å². The summed E-state index contributed by atoms with van der Waals surface area (Å²) in [7, 11) is -4.78. The Morgan fingerprint density at radius 2 is 1.92 bits per heavy atom. The fourth-order valence-corrected chi connectivity index (χ4v) is 5.67. The lowest BCUT2D eigenvalue weighted by molar-refractivity contribution is -0.106. The summed E-state index contributed by atoms with van der Waals surface area (Å²) < 4.78 is 70.7. The molecule has 0 radical (unpaired) electrons. The molecular formula is C24H33F3N6O4S2. The largest absolute Gasteiger partial charge is 0.460 e. The van der Waals surface area contributed by atoms with Gasteiger partial charge in [-0.05, 0) is 50.3 Å². The number of halogens is 3. The Bertz CT molecular complexity index is 1270. The lowest BCUT2D eigenvalue weighted by Crippen LogP contribution is -2.38. The molecule has 1 unspecified atom stereocenters. The number of aryl methyl sites for hydroxylation is 1. The number of fused-ring (bicyclic) bond motifs is 1. The zero-order chi connectivity index (χ0) is 28.6. The summed E-state index contributed by atoms with van der Waals surface area (Å²) in [6, 6.07) is 3.33. The number of hydrogen-bond donors (Lipinski definition) is 1. The maximum atomic E-state index is 12.9. The number of carbonyl (C=O) groups excluding carboxylic acids is 1. The molecular weight excluding hydrogens is 557 g/mol. The molecule has 0 bridgehead atoms. The van der Waals surface area contributed by atoms with Gasteiger partial charge in [-0.2, -0.15) is 13.2 Å². The molecule has 0 fully saturated rings. The quantitative estimate of drug-likeness (QED) is 0.159. The van der Waals surface area contributed by atoms with Crippen LogP contribution in [-0.2, 0) is 21.2 Å². The third-order valence-electron chi connectivity index (χ3n) is 6.05. The number of hydrogen-bond acceptors (Lipinski definition) is 10. The van der Waals surface area contributed by atoms with E-state index in [-0.39, 0.29) is 34.2 Å². The number of nitrogens with zero attached hydrogens (tertiary/aromatic N) is 5. The summed E-state index contributed by atoms with van der Waals surface area (Å²) in [6.07, 6.45) is 1.16. The fourth-order valence-electron chi connectivity index (χ4n) is 4.11. The molecule has 15 heteroatoms. The number of benzene rings is 1. The maximum Gasteiger partial charge on any atom is 0.404 e. The Labute approximate surface area is 230 Å². The molecule has 2 heterocycles. The second-order valence-corrected chi connectivity index (χ2v) is 12.0. The highest BCUT2D eigenvalue weighted by atomic mass is 32.2. The topological polar surface area (TPSA) is 126 Å². The number of alkyl halides is 3. The van der Waals surface area contributed by atoms with Crippen LogP contribution in [0.25, 0.3) is 0 Å². The van der Waals surface area contributed by atoms with Crippen molar-refractivity contribution in [2.75, 3.05) is 28.5 Å². The average Bonchev–Trinajstić information content (AvgIpc) is 3.32. The highest BCUT2D eigenvalue weighted by Gasteiger charge is 2.36. The molecule has 2 aromatic rings. The normalized spacial score (nSPS) is 15.9. The number of nitrogens with one attached hydrogen (secondary N) is 1. The number of sulfonamides is 1. The third-order valence-corrected chi connectivity index (χ3v) is 8.08. The molecule has 1 aliphatic heterocycles. The van der Waals surface area contributed by atoms with E-state index in [2.05, 4.69) is 39.2 Å². The second-order valence-electron chi connectivity index (χ2n) is 9.34. The number of rotatable bonds is 13. The SMILES string of the molecule is CCCCCN1c2cc(NS(=O)(=O)CC(F)(F)F)c(N=Nc3nnc(C(=O)OCCCC)s3)cc2CCC1C. The Balaban J connectivity index is 1.94. The number of anilines is 2. The van der Waals surface area contributed by atoms with E-state index in [9.17, 15) is 26.4 Å². The molecule has 3 rings (SSSR count). The molecule has 1 aromatic carbocycles.